The Kier molecular flexibility index (Phi) is 39.4. The second kappa shape index (κ2) is 38.4. The molecule has 0 aliphatic rings. The number of benzene rings is 4. The minimum absolute atomic E-state index is 0. The number of halogens is 6. The third kappa shape index (κ3) is 30.3. The summed E-state index contributed by atoms with van der Waals surface area (Å²) in [5, 5.41) is 41.6. The molecule has 8 rings (SSSR count). The summed E-state index contributed by atoms with van der Waals surface area (Å²) < 4.78 is 65.1. The molecule has 4 aromatic heterocycles. The molecule has 0 amide bonds. The monoisotopic (exact) mass is 1460 g/mol. The Balaban J connectivity index is -0.000000551. The van der Waals surface area contributed by atoms with Crippen molar-refractivity contribution in [2.75, 3.05) is 17.5 Å². The first kappa shape index (κ1) is 81.1. The summed E-state index contributed by atoms with van der Waals surface area (Å²) in [5.74, 6) is 1.05. The predicted octanol–water partition coefficient (Wildman–Crippen LogP) is 12.5. The van der Waals surface area contributed by atoms with Gasteiger partial charge < -0.3 is 54.3 Å². The molecule has 0 saturated carbocycles. The average Bonchev–Trinajstić information content (AvgIpc) is 3.99. The van der Waals surface area contributed by atoms with Crippen molar-refractivity contribution in [3.05, 3.63) is 198 Å². The zero-order chi connectivity index (χ0) is 54.3. The molecule has 431 valence electrons. The van der Waals surface area contributed by atoms with Gasteiger partial charge in [0.1, 0.15) is 18.4 Å². The van der Waals surface area contributed by atoms with Crippen LogP contribution in [-0.4, -0.2) is 53.7 Å². The Hall–Kier alpha value is -4.36. The molecule has 4 aromatic carbocycles. The second-order valence-corrected chi connectivity index (χ2v) is 22.8. The van der Waals surface area contributed by atoms with E-state index in [0.29, 0.717) is 0 Å². The summed E-state index contributed by atoms with van der Waals surface area (Å²) in [6.45, 7) is 16.5. The number of aryl methyl sites for hydroxylation is 6. The predicted molar refractivity (Wildman–Crippen MR) is 314 cm³/mol. The molecule has 0 bridgehead atoms. The summed E-state index contributed by atoms with van der Waals surface area (Å²) in [5.41, 5.74) is 6.23. The van der Waals surface area contributed by atoms with Crippen LogP contribution < -0.4 is 26.1 Å². The van der Waals surface area contributed by atoms with Gasteiger partial charge in [-0.2, -0.15) is 15.8 Å². The Morgan fingerprint density at radius 1 is 0.468 bits per heavy atom. The van der Waals surface area contributed by atoms with E-state index in [4.69, 9.17) is 20.8 Å². The van der Waals surface area contributed by atoms with Gasteiger partial charge in [-0.1, -0.05) is 78.9 Å². The molecule has 0 atom stereocenters. The normalized spacial score (nSPS) is 10.5. The number of aromatic nitrogens is 7. The van der Waals surface area contributed by atoms with E-state index in [-0.39, 0.29) is 103 Å². The Bertz CT molecular complexity index is 2740. The smallest absolute Gasteiger partial charge is 2.00 e. The van der Waals surface area contributed by atoms with Crippen LogP contribution in [0.3, 0.4) is 0 Å². The van der Waals surface area contributed by atoms with Crippen LogP contribution in [0.25, 0.3) is 0 Å². The standard InChI is InChI=1S/C31H28N2P2.C15H21BN6.3C2H3N.2Cu.F6P.3S.W/c1-5-15-27(16-6-1)34(28-17-7-2-8-18-28)25-33(31-23-13-14-24-32-31)26-35(29-19-9-3-10-20-29)30-21-11-4-12-22-30;1-10-7-13(4)20(17-10)16(21-14(5)8-11(2)18-21)22-15(6)9-12(3)19-22;3*1-2-3;;;1-7(2,3,4,5)6;;;;/h1-24H,25-26H2;7-9H,1-6H3;3*1H3;;;;;;;/q;-1;;;;2*+2;-1;3*-2;/p+2. The van der Waals surface area contributed by atoms with Crippen LogP contribution in [0.2, 0.25) is 0 Å². The van der Waals surface area contributed by atoms with Crippen LogP contribution in [0.5, 0.6) is 0 Å². The van der Waals surface area contributed by atoms with E-state index in [9.17, 15) is 25.2 Å². The molecule has 0 unspecified atom stereocenters. The summed E-state index contributed by atoms with van der Waals surface area (Å²) in [4.78, 5) is 7.36. The topological polar surface area (TPSA) is 141 Å². The van der Waals surface area contributed by atoms with Crippen molar-refractivity contribution in [2.45, 2.75) is 62.3 Å². The van der Waals surface area contributed by atoms with E-state index in [0.717, 1.165) is 52.6 Å². The minimum Gasteiger partial charge on any atom is -2.00 e. The molecule has 79 heavy (non-hydrogen) atoms. The van der Waals surface area contributed by atoms with Crippen LogP contribution in [-0.2, 0) is 95.7 Å². The number of hydrogen-bond donors (Lipinski definition) is 0. The van der Waals surface area contributed by atoms with Gasteiger partial charge >= 0.3 is 67.1 Å². The molecule has 0 aliphatic carbocycles. The van der Waals surface area contributed by atoms with E-state index in [1.807, 2.05) is 46.8 Å². The van der Waals surface area contributed by atoms with Gasteiger partial charge in [0.05, 0.1) is 72.4 Å². The summed E-state index contributed by atoms with van der Waals surface area (Å²) >= 11 is 0. The van der Waals surface area contributed by atoms with Gasteiger partial charge in [-0.25, -0.2) is 20.3 Å². The number of rotatable bonds is 12. The van der Waals surface area contributed by atoms with Crippen LogP contribution in [0, 0.1) is 75.5 Å². The molecule has 0 saturated heterocycles. The molecule has 0 fully saturated rings. The molecule has 3 radical (unpaired) electrons. The largest absolute Gasteiger partial charge is 2.00 e. The van der Waals surface area contributed by atoms with Crippen LogP contribution in [0.4, 0.5) is 31.0 Å². The number of pyridine rings is 1. The first-order valence-electron chi connectivity index (χ1n) is 22.6. The molecule has 0 spiro atoms. The number of nitrogens with zero attached hydrogens (tertiary/aromatic N) is 11. The molecule has 11 nitrogen and oxygen atoms in total. The van der Waals surface area contributed by atoms with Gasteiger partial charge in [-0.3, -0.25) is 4.90 Å². The molecular weight excluding hydrogens is 1400 g/mol. The minimum atomic E-state index is -10.7. The third-order valence-corrected chi connectivity index (χ3v) is 15.5. The third-order valence-electron chi connectivity index (χ3n) is 9.95. The number of nitriles is 3. The van der Waals surface area contributed by atoms with E-state index < -0.39 is 23.7 Å². The summed E-state index contributed by atoms with van der Waals surface area (Å²) in [7, 11) is -13.0. The van der Waals surface area contributed by atoms with Crippen LogP contribution in [0.1, 0.15) is 54.9 Å². The fourth-order valence-corrected chi connectivity index (χ4v) is 12.7. The van der Waals surface area contributed by atoms with E-state index in [1.165, 1.54) is 42.0 Å². The van der Waals surface area contributed by atoms with Crippen LogP contribution in [0.15, 0.2) is 164 Å². The van der Waals surface area contributed by atoms with Gasteiger partial charge in [0.2, 0.25) is 0 Å². The molecular formula is C52H60BCu2F6N11P3S3W-2. The Morgan fingerprint density at radius 2 is 0.696 bits per heavy atom. The maximum Gasteiger partial charge on any atom is 2.00 e. The Morgan fingerprint density at radius 3 is 0.886 bits per heavy atom. The average molecular weight is 1460 g/mol. The van der Waals surface area contributed by atoms with Crippen molar-refractivity contribution in [3.63, 3.8) is 0 Å². The van der Waals surface area contributed by atoms with Gasteiger partial charge in [0.25, 0.3) is 7.12 Å². The van der Waals surface area contributed by atoms with Crippen molar-refractivity contribution in [1.82, 2.24) is 34.1 Å². The van der Waals surface area contributed by atoms with Crippen molar-refractivity contribution in [1.29, 1.82) is 15.8 Å². The first-order chi connectivity index (χ1) is 34.4. The van der Waals surface area contributed by atoms with E-state index in [1.54, 1.807) is 18.2 Å². The zero-order valence-electron chi connectivity index (χ0n) is 44.5. The van der Waals surface area contributed by atoms with Crippen molar-refractivity contribution in [2.24, 2.45) is 0 Å². The molecule has 8 aromatic rings. The van der Waals surface area contributed by atoms with Crippen molar-refractivity contribution >= 4 is 98.3 Å². The number of anilines is 1. The SMILES string of the molecule is CC#N.CC#N.CC#N.Cc1cc(C)n([B-](n2nc(C)cc2C)n2nc(C)cc2C)n1.F[P-](F)(F)(F)(F)F.[Cu+2].[Cu+2].[S-2].[S-2].[S-2].[W].c1ccc([PH+](CN(C[PH+](c2ccccc2)c2ccccc2)c2ccccn2)c2ccccc2)cc1. The van der Waals surface area contributed by atoms with Gasteiger partial charge in [-0.05, 0) is 137 Å². The fraction of sp³-hybridized carbons (Fsp3) is 0.212. The van der Waals surface area contributed by atoms with E-state index in [2.05, 4.69) is 193 Å². The maximum absolute atomic E-state index is 10.7. The summed E-state index contributed by atoms with van der Waals surface area (Å²) in [6, 6.07) is 61.8. The first-order valence-corrected chi connectivity index (χ1v) is 28.1. The van der Waals surface area contributed by atoms with Crippen LogP contribution >= 0.6 is 23.7 Å². The molecule has 27 heteroatoms. The quantitative estimate of drug-likeness (QED) is 0.0669. The fourth-order valence-electron chi connectivity index (χ4n) is 7.35. The van der Waals surface area contributed by atoms with Crippen molar-refractivity contribution < 1.29 is 80.4 Å². The number of hydrogen-bond acceptors (Lipinski definition) is 8. The summed E-state index contributed by atoms with van der Waals surface area (Å²) in [6.07, 6.45) is 3.84. The van der Waals surface area contributed by atoms with E-state index >= 15 is 0 Å². The van der Waals surface area contributed by atoms with Gasteiger partial charge in [-0.15, -0.1) is 0 Å². The molecule has 0 aliphatic heterocycles. The second-order valence-electron chi connectivity index (χ2n) is 16.1. The molecule has 0 N–H and O–H groups in total. The zero-order valence-corrected chi connectivity index (χ0v) is 54.6. The van der Waals surface area contributed by atoms with Crippen molar-refractivity contribution in [3.8, 4) is 18.2 Å². The van der Waals surface area contributed by atoms with Gasteiger partial charge in [0.15, 0.2) is 0 Å². The van der Waals surface area contributed by atoms with Gasteiger partial charge in [0, 0.05) is 48.0 Å². The maximum atomic E-state index is 9.87. The Labute approximate surface area is 520 Å². The molecule has 4 heterocycles.